The molecular weight excluding hydrogens is 458 g/mol. The van der Waals surface area contributed by atoms with Crippen LogP contribution in [0.5, 0.6) is 17.2 Å². The quantitative estimate of drug-likeness (QED) is 0.493. The number of hydrogen-bond donors (Lipinski definition) is 2. The molecule has 1 aliphatic heterocycles. The number of rotatable bonds is 11. The third-order valence-corrected chi connectivity index (χ3v) is 7.29. The van der Waals surface area contributed by atoms with E-state index in [9.17, 15) is 13.2 Å². The Morgan fingerprint density at radius 3 is 2.32 bits per heavy atom. The van der Waals surface area contributed by atoms with Gasteiger partial charge in [-0.25, -0.2) is 8.42 Å². The second kappa shape index (κ2) is 11.9. The van der Waals surface area contributed by atoms with Crippen LogP contribution in [-0.2, 0) is 14.8 Å². The lowest BCUT2D eigenvalue weighted by Crippen LogP contribution is -2.35. The first-order valence-electron chi connectivity index (χ1n) is 11.5. The van der Waals surface area contributed by atoms with Crippen molar-refractivity contribution in [1.82, 2.24) is 4.31 Å². The van der Waals surface area contributed by atoms with E-state index in [2.05, 4.69) is 10.6 Å². The number of ether oxygens (including phenoxy) is 3. The maximum atomic E-state index is 13.1. The van der Waals surface area contributed by atoms with Crippen molar-refractivity contribution in [3.63, 3.8) is 0 Å². The van der Waals surface area contributed by atoms with E-state index in [1.807, 2.05) is 13.8 Å². The highest BCUT2D eigenvalue weighted by Gasteiger charge is 2.27. The van der Waals surface area contributed by atoms with Gasteiger partial charge in [-0.2, -0.15) is 4.31 Å². The molecule has 1 aliphatic rings. The molecule has 2 aromatic rings. The van der Waals surface area contributed by atoms with E-state index in [-0.39, 0.29) is 17.3 Å². The van der Waals surface area contributed by atoms with Gasteiger partial charge in [0.25, 0.3) is 0 Å². The molecule has 9 nitrogen and oxygen atoms in total. The normalized spacial score (nSPS) is 14.3. The lowest BCUT2D eigenvalue weighted by Gasteiger charge is -2.26. The van der Waals surface area contributed by atoms with Crippen molar-refractivity contribution < 1.29 is 27.4 Å². The fourth-order valence-electron chi connectivity index (χ4n) is 3.75. The summed E-state index contributed by atoms with van der Waals surface area (Å²) < 4.78 is 44.1. The second-order valence-electron chi connectivity index (χ2n) is 7.75. The number of piperidine rings is 1. The zero-order valence-electron chi connectivity index (χ0n) is 19.9. The van der Waals surface area contributed by atoms with Crippen molar-refractivity contribution in [3.05, 3.63) is 36.4 Å². The minimum atomic E-state index is -3.64. The van der Waals surface area contributed by atoms with E-state index < -0.39 is 10.0 Å². The second-order valence-corrected chi connectivity index (χ2v) is 9.69. The molecule has 3 rings (SSSR count). The number of carbonyl (C=O) groups is 1. The van der Waals surface area contributed by atoms with E-state index in [1.165, 1.54) is 23.5 Å². The molecule has 1 heterocycles. The summed E-state index contributed by atoms with van der Waals surface area (Å²) in [6.45, 7) is 5.71. The van der Waals surface area contributed by atoms with Gasteiger partial charge in [0.2, 0.25) is 15.9 Å². The van der Waals surface area contributed by atoms with Gasteiger partial charge in [0.15, 0.2) is 0 Å². The third-order valence-electron chi connectivity index (χ3n) is 5.40. The van der Waals surface area contributed by atoms with E-state index in [0.29, 0.717) is 54.9 Å². The SMILES string of the molecule is CCOc1ccc(OCC)c(NCC(=O)Nc2cc(S(=O)(=O)N3CCCCC3)ccc2OC)c1. The van der Waals surface area contributed by atoms with Gasteiger partial charge in [0.05, 0.1) is 43.1 Å². The molecule has 0 spiro atoms. The molecule has 0 aromatic heterocycles. The summed E-state index contributed by atoms with van der Waals surface area (Å²) in [6.07, 6.45) is 2.72. The van der Waals surface area contributed by atoms with E-state index in [0.717, 1.165) is 19.3 Å². The molecule has 186 valence electrons. The Morgan fingerprint density at radius 2 is 1.65 bits per heavy atom. The average Bonchev–Trinajstić information content (AvgIpc) is 2.85. The summed E-state index contributed by atoms with van der Waals surface area (Å²) in [6, 6.07) is 9.87. The smallest absolute Gasteiger partial charge is 0.243 e. The zero-order chi connectivity index (χ0) is 24.6. The van der Waals surface area contributed by atoms with Gasteiger partial charge in [0.1, 0.15) is 17.2 Å². The van der Waals surface area contributed by atoms with Gasteiger partial charge in [-0.15, -0.1) is 0 Å². The maximum absolute atomic E-state index is 13.1. The number of amides is 1. The van der Waals surface area contributed by atoms with Gasteiger partial charge < -0.3 is 24.8 Å². The van der Waals surface area contributed by atoms with Gasteiger partial charge >= 0.3 is 0 Å². The molecule has 1 saturated heterocycles. The monoisotopic (exact) mass is 491 g/mol. The van der Waals surface area contributed by atoms with E-state index in [1.54, 1.807) is 24.3 Å². The molecule has 2 aromatic carbocycles. The number of methoxy groups -OCH3 is 1. The molecule has 0 atom stereocenters. The first-order chi connectivity index (χ1) is 16.4. The Hall–Kier alpha value is -2.98. The Morgan fingerprint density at radius 1 is 0.941 bits per heavy atom. The number of anilines is 2. The van der Waals surface area contributed by atoms with Crippen LogP contribution in [-0.4, -0.2) is 58.6 Å². The Labute approximate surface area is 201 Å². The van der Waals surface area contributed by atoms with E-state index >= 15 is 0 Å². The fraction of sp³-hybridized carbons (Fsp3) is 0.458. The molecular formula is C24H33N3O6S. The van der Waals surface area contributed by atoms with Crippen molar-refractivity contribution in [3.8, 4) is 17.2 Å². The molecule has 0 saturated carbocycles. The summed E-state index contributed by atoms with van der Waals surface area (Å²) in [5.74, 6) is 1.27. The highest BCUT2D eigenvalue weighted by atomic mass is 32.2. The molecule has 10 heteroatoms. The summed E-state index contributed by atoms with van der Waals surface area (Å²) in [5.41, 5.74) is 0.914. The lowest BCUT2D eigenvalue weighted by molar-refractivity contribution is -0.114. The fourth-order valence-corrected chi connectivity index (χ4v) is 5.30. The molecule has 1 fully saturated rings. The van der Waals surface area contributed by atoms with Crippen LogP contribution >= 0.6 is 0 Å². The minimum absolute atomic E-state index is 0.0676. The number of nitrogens with zero attached hydrogens (tertiary/aromatic N) is 1. The molecule has 0 radical (unpaired) electrons. The Bertz CT molecular complexity index is 1080. The van der Waals surface area contributed by atoms with Gasteiger partial charge in [0, 0.05) is 19.2 Å². The largest absolute Gasteiger partial charge is 0.495 e. The molecule has 0 bridgehead atoms. The summed E-state index contributed by atoms with van der Waals surface area (Å²) in [7, 11) is -2.17. The summed E-state index contributed by atoms with van der Waals surface area (Å²) >= 11 is 0. The molecule has 34 heavy (non-hydrogen) atoms. The van der Waals surface area contributed by atoms with Crippen molar-refractivity contribution >= 4 is 27.3 Å². The van der Waals surface area contributed by atoms with Crippen LogP contribution in [0.4, 0.5) is 11.4 Å². The van der Waals surface area contributed by atoms with Crippen molar-refractivity contribution in [2.75, 3.05) is 50.6 Å². The Balaban J connectivity index is 1.74. The molecule has 0 unspecified atom stereocenters. The standard InChI is InChI=1S/C24H33N3O6S/c1-4-32-18-9-11-23(33-5-2)20(15-18)25-17-24(28)26-21-16-19(10-12-22(21)31-3)34(29,30)27-13-7-6-8-14-27/h9-12,15-16,25H,4-8,13-14,17H2,1-3H3,(H,26,28). The van der Waals surface area contributed by atoms with Crippen LogP contribution in [0, 0.1) is 0 Å². The minimum Gasteiger partial charge on any atom is -0.495 e. The van der Waals surface area contributed by atoms with Crippen LogP contribution < -0.4 is 24.8 Å². The van der Waals surface area contributed by atoms with Gasteiger partial charge in [-0.05, 0) is 57.0 Å². The Kier molecular flexibility index (Phi) is 9.00. The van der Waals surface area contributed by atoms with Crippen LogP contribution in [0.2, 0.25) is 0 Å². The third kappa shape index (κ3) is 6.32. The predicted octanol–water partition coefficient (Wildman–Crippen LogP) is 3.72. The number of nitrogens with one attached hydrogen (secondary N) is 2. The topological polar surface area (TPSA) is 106 Å². The van der Waals surface area contributed by atoms with Crippen LogP contribution in [0.1, 0.15) is 33.1 Å². The highest BCUT2D eigenvalue weighted by Crippen LogP contribution is 2.31. The first kappa shape index (κ1) is 25.6. The number of hydrogen-bond acceptors (Lipinski definition) is 7. The zero-order valence-corrected chi connectivity index (χ0v) is 20.7. The van der Waals surface area contributed by atoms with Gasteiger partial charge in [-0.1, -0.05) is 6.42 Å². The van der Waals surface area contributed by atoms with Crippen molar-refractivity contribution in [1.29, 1.82) is 0 Å². The molecule has 1 amide bonds. The predicted molar refractivity (Wildman–Crippen MR) is 132 cm³/mol. The van der Waals surface area contributed by atoms with Crippen LogP contribution in [0.3, 0.4) is 0 Å². The van der Waals surface area contributed by atoms with Crippen LogP contribution in [0.15, 0.2) is 41.3 Å². The summed E-state index contributed by atoms with van der Waals surface area (Å²) in [5, 5.41) is 5.82. The number of carbonyl (C=O) groups excluding carboxylic acids is 1. The van der Waals surface area contributed by atoms with Gasteiger partial charge in [-0.3, -0.25) is 4.79 Å². The number of sulfonamides is 1. The van der Waals surface area contributed by atoms with E-state index in [4.69, 9.17) is 14.2 Å². The first-order valence-corrected chi connectivity index (χ1v) is 12.9. The number of benzene rings is 2. The highest BCUT2D eigenvalue weighted by molar-refractivity contribution is 7.89. The lowest BCUT2D eigenvalue weighted by atomic mass is 10.2. The van der Waals surface area contributed by atoms with Crippen molar-refractivity contribution in [2.45, 2.75) is 38.0 Å². The maximum Gasteiger partial charge on any atom is 0.243 e. The molecule has 2 N–H and O–H groups in total. The van der Waals surface area contributed by atoms with Crippen molar-refractivity contribution in [2.24, 2.45) is 0 Å². The van der Waals surface area contributed by atoms with Crippen LogP contribution in [0.25, 0.3) is 0 Å². The summed E-state index contributed by atoms with van der Waals surface area (Å²) in [4.78, 5) is 12.9. The average molecular weight is 492 g/mol. The molecule has 0 aliphatic carbocycles.